The molecule has 1 aliphatic rings. The summed E-state index contributed by atoms with van der Waals surface area (Å²) < 4.78 is 11.0. The molecule has 0 saturated carbocycles. The normalized spacial score (nSPS) is 16.2. The van der Waals surface area contributed by atoms with E-state index >= 15 is 0 Å². The Morgan fingerprint density at radius 2 is 2.15 bits per heavy atom. The third kappa shape index (κ3) is 4.46. The lowest BCUT2D eigenvalue weighted by molar-refractivity contribution is 0.0945. The zero-order valence-electron chi connectivity index (χ0n) is 14.5. The molecule has 1 aromatic carbocycles. The number of benzene rings is 1. The molecule has 8 heteroatoms. The van der Waals surface area contributed by atoms with Crippen LogP contribution in [0.1, 0.15) is 22.7 Å². The largest absolute Gasteiger partial charge is 0.473 e. The predicted molar refractivity (Wildman–Crippen MR) is 101 cm³/mol. The molecule has 27 heavy (non-hydrogen) atoms. The first-order chi connectivity index (χ1) is 13.3. The number of rotatable bonds is 6. The van der Waals surface area contributed by atoms with Crippen molar-refractivity contribution in [3.8, 4) is 17.3 Å². The summed E-state index contributed by atoms with van der Waals surface area (Å²) >= 11 is 1.88. The average Bonchev–Trinajstić information content (AvgIpc) is 3.39. The minimum absolute atomic E-state index is 0.149. The Morgan fingerprint density at radius 1 is 1.26 bits per heavy atom. The second-order valence-corrected chi connectivity index (χ2v) is 7.20. The topological polar surface area (TPSA) is 90.1 Å². The van der Waals surface area contributed by atoms with E-state index < -0.39 is 0 Å². The van der Waals surface area contributed by atoms with Crippen LogP contribution >= 0.6 is 11.8 Å². The molecule has 1 fully saturated rings. The van der Waals surface area contributed by atoms with E-state index in [1.54, 1.807) is 12.1 Å². The molecule has 1 atom stereocenters. The Bertz CT molecular complexity index is 893. The standard InChI is InChI=1S/C19H18N4O3S/c24-19(14-6-7-16(20-10-14)25-15-8-9-27-12-15)21-11-17-22-18(23-26-17)13-4-2-1-3-5-13/h1-7,10,15H,8-9,11-12H2,(H,21,24)/t15-/m1/s1. The van der Waals surface area contributed by atoms with Crippen molar-refractivity contribution < 1.29 is 14.1 Å². The number of hydrogen-bond donors (Lipinski definition) is 1. The SMILES string of the molecule is O=C(NCc1nc(-c2ccccc2)no1)c1ccc(O[C@@H]2CCSC2)nc1. The molecular formula is C19H18N4O3S. The van der Waals surface area contributed by atoms with Crippen LogP contribution in [0.15, 0.2) is 53.2 Å². The Kier molecular flexibility index (Phi) is 5.34. The first-order valence-corrected chi connectivity index (χ1v) is 9.80. The fraction of sp³-hybridized carbons (Fsp3) is 0.263. The summed E-state index contributed by atoms with van der Waals surface area (Å²) in [6, 6.07) is 12.9. The van der Waals surface area contributed by atoms with Gasteiger partial charge in [-0.05, 0) is 18.2 Å². The molecule has 138 valence electrons. The first kappa shape index (κ1) is 17.5. The zero-order valence-corrected chi connectivity index (χ0v) is 15.3. The molecule has 1 amide bonds. The van der Waals surface area contributed by atoms with Crippen molar-refractivity contribution in [2.24, 2.45) is 0 Å². The maximum atomic E-state index is 12.3. The van der Waals surface area contributed by atoms with Gasteiger partial charge < -0.3 is 14.6 Å². The van der Waals surface area contributed by atoms with Crippen molar-refractivity contribution in [3.05, 3.63) is 60.1 Å². The lowest BCUT2D eigenvalue weighted by Crippen LogP contribution is -2.23. The number of pyridine rings is 1. The van der Waals surface area contributed by atoms with Gasteiger partial charge in [0.15, 0.2) is 0 Å². The molecule has 3 heterocycles. The maximum absolute atomic E-state index is 12.3. The smallest absolute Gasteiger partial charge is 0.253 e. The number of hydrogen-bond acceptors (Lipinski definition) is 7. The number of aromatic nitrogens is 3. The van der Waals surface area contributed by atoms with Gasteiger partial charge in [0.2, 0.25) is 17.6 Å². The van der Waals surface area contributed by atoms with Gasteiger partial charge in [-0.1, -0.05) is 35.5 Å². The molecule has 1 saturated heterocycles. The van der Waals surface area contributed by atoms with Crippen LogP contribution in [0.4, 0.5) is 0 Å². The summed E-state index contributed by atoms with van der Waals surface area (Å²) in [5.74, 6) is 3.22. The molecule has 4 rings (SSSR count). The number of amides is 1. The summed E-state index contributed by atoms with van der Waals surface area (Å²) in [6.07, 6.45) is 2.75. The monoisotopic (exact) mass is 382 g/mol. The van der Waals surface area contributed by atoms with Crippen LogP contribution < -0.4 is 10.1 Å². The van der Waals surface area contributed by atoms with E-state index in [-0.39, 0.29) is 18.6 Å². The summed E-state index contributed by atoms with van der Waals surface area (Å²) in [6.45, 7) is 0.149. The molecule has 3 aromatic rings. The predicted octanol–water partition coefficient (Wildman–Crippen LogP) is 2.95. The van der Waals surface area contributed by atoms with E-state index in [1.807, 2.05) is 42.1 Å². The highest BCUT2D eigenvalue weighted by atomic mass is 32.2. The molecule has 0 unspecified atom stereocenters. The molecule has 0 bridgehead atoms. The van der Waals surface area contributed by atoms with E-state index in [9.17, 15) is 4.79 Å². The maximum Gasteiger partial charge on any atom is 0.253 e. The highest BCUT2D eigenvalue weighted by Gasteiger charge is 2.18. The number of carbonyl (C=O) groups is 1. The summed E-state index contributed by atoms with van der Waals surface area (Å²) in [4.78, 5) is 20.8. The average molecular weight is 382 g/mol. The van der Waals surface area contributed by atoms with E-state index in [0.29, 0.717) is 23.2 Å². The third-order valence-electron chi connectivity index (χ3n) is 4.07. The van der Waals surface area contributed by atoms with Crippen molar-refractivity contribution >= 4 is 17.7 Å². The van der Waals surface area contributed by atoms with E-state index in [4.69, 9.17) is 9.26 Å². The van der Waals surface area contributed by atoms with E-state index in [2.05, 4.69) is 20.4 Å². The van der Waals surface area contributed by atoms with Crippen LogP contribution in [-0.4, -0.2) is 38.6 Å². The second-order valence-electron chi connectivity index (χ2n) is 6.05. The molecule has 1 aliphatic heterocycles. The van der Waals surface area contributed by atoms with Crippen molar-refractivity contribution in [2.45, 2.75) is 19.1 Å². The van der Waals surface area contributed by atoms with Gasteiger partial charge in [-0.3, -0.25) is 4.79 Å². The molecule has 0 aliphatic carbocycles. The first-order valence-electron chi connectivity index (χ1n) is 8.64. The van der Waals surface area contributed by atoms with E-state index in [0.717, 1.165) is 23.5 Å². The summed E-state index contributed by atoms with van der Waals surface area (Å²) in [7, 11) is 0. The number of carbonyl (C=O) groups excluding carboxylic acids is 1. The number of nitrogens with one attached hydrogen (secondary N) is 1. The van der Waals surface area contributed by atoms with Crippen molar-refractivity contribution in [1.29, 1.82) is 0 Å². The minimum Gasteiger partial charge on any atom is -0.473 e. The molecule has 0 spiro atoms. The lowest BCUT2D eigenvalue weighted by Gasteiger charge is -2.11. The third-order valence-corrected chi connectivity index (χ3v) is 5.21. The van der Waals surface area contributed by atoms with Crippen LogP contribution in [0.25, 0.3) is 11.4 Å². The molecule has 7 nitrogen and oxygen atoms in total. The Labute approximate surface area is 160 Å². The Balaban J connectivity index is 1.32. The summed E-state index contributed by atoms with van der Waals surface area (Å²) in [5, 5.41) is 6.68. The van der Waals surface area contributed by atoms with Gasteiger partial charge in [-0.2, -0.15) is 16.7 Å². The van der Waals surface area contributed by atoms with Gasteiger partial charge >= 0.3 is 0 Å². The fourth-order valence-corrected chi connectivity index (χ4v) is 3.74. The van der Waals surface area contributed by atoms with E-state index in [1.165, 1.54) is 6.20 Å². The van der Waals surface area contributed by atoms with Gasteiger partial charge in [-0.25, -0.2) is 4.98 Å². The molecular weight excluding hydrogens is 364 g/mol. The van der Waals surface area contributed by atoms with Crippen LogP contribution in [-0.2, 0) is 6.54 Å². The Hall–Kier alpha value is -2.87. The van der Waals surface area contributed by atoms with Gasteiger partial charge in [0.05, 0.1) is 12.1 Å². The number of nitrogens with zero attached hydrogens (tertiary/aromatic N) is 3. The van der Waals surface area contributed by atoms with Crippen LogP contribution in [0.5, 0.6) is 5.88 Å². The van der Waals surface area contributed by atoms with Crippen molar-refractivity contribution in [1.82, 2.24) is 20.4 Å². The molecule has 0 radical (unpaired) electrons. The number of thioether (sulfide) groups is 1. The number of ether oxygens (including phenoxy) is 1. The van der Waals surface area contributed by atoms with Gasteiger partial charge in [0, 0.05) is 23.6 Å². The van der Waals surface area contributed by atoms with Crippen molar-refractivity contribution in [2.75, 3.05) is 11.5 Å². The van der Waals surface area contributed by atoms with Gasteiger partial charge in [0.1, 0.15) is 6.10 Å². The van der Waals surface area contributed by atoms with Crippen LogP contribution in [0.3, 0.4) is 0 Å². The van der Waals surface area contributed by atoms with Crippen LogP contribution in [0, 0.1) is 0 Å². The zero-order chi connectivity index (χ0) is 18.5. The summed E-state index contributed by atoms with van der Waals surface area (Å²) in [5.41, 5.74) is 1.31. The highest BCUT2D eigenvalue weighted by molar-refractivity contribution is 7.99. The molecule has 1 N–H and O–H groups in total. The van der Waals surface area contributed by atoms with Crippen LogP contribution in [0.2, 0.25) is 0 Å². The fourth-order valence-electron chi connectivity index (χ4n) is 2.65. The molecule has 2 aromatic heterocycles. The van der Waals surface area contributed by atoms with Crippen molar-refractivity contribution in [3.63, 3.8) is 0 Å². The highest BCUT2D eigenvalue weighted by Crippen LogP contribution is 2.22. The lowest BCUT2D eigenvalue weighted by atomic mass is 10.2. The minimum atomic E-state index is -0.259. The second kappa shape index (κ2) is 8.22. The van der Waals surface area contributed by atoms with Gasteiger partial charge in [0.25, 0.3) is 5.91 Å². The quantitative estimate of drug-likeness (QED) is 0.701. The Morgan fingerprint density at radius 3 is 2.89 bits per heavy atom. The van der Waals surface area contributed by atoms with Gasteiger partial charge in [-0.15, -0.1) is 0 Å².